The summed E-state index contributed by atoms with van der Waals surface area (Å²) in [4.78, 5) is 16.4. The van der Waals surface area contributed by atoms with Gasteiger partial charge in [-0.05, 0) is 35.9 Å². The van der Waals surface area contributed by atoms with E-state index in [9.17, 15) is 4.79 Å². The number of ether oxygens (including phenoxy) is 1. The summed E-state index contributed by atoms with van der Waals surface area (Å²) in [5, 5.41) is 3.74. The van der Waals surface area contributed by atoms with Crippen molar-refractivity contribution >= 4 is 41.0 Å². The molecule has 23 heavy (non-hydrogen) atoms. The SMILES string of the molecule is COc1cccc(C2=N/C(=C\c3ccc(Cl)cc3Cl)C(=O)N2)c1. The number of nitrogens with one attached hydrogen (secondary N) is 1. The molecule has 0 atom stereocenters. The van der Waals surface area contributed by atoms with E-state index in [0.717, 1.165) is 5.56 Å². The van der Waals surface area contributed by atoms with Crippen molar-refractivity contribution in [2.24, 2.45) is 4.99 Å². The van der Waals surface area contributed by atoms with E-state index in [0.29, 0.717) is 27.2 Å². The van der Waals surface area contributed by atoms with Gasteiger partial charge in [-0.15, -0.1) is 0 Å². The minimum absolute atomic E-state index is 0.283. The quantitative estimate of drug-likeness (QED) is 0.856. The van der Waals surface area contributed by atoms with E-state index in [2.05, 4.69) is 10.3 Å². The van der Waals surface area contributed by atoms with Gasteiger partial charge in [-0.3, -0.25) is 4.79 Å². The molecule has 1 N–H and O–H groups in total. The van der Waals surface area contributed by atoms with Crippen LogP contribution in [-0.4, -0.2) is 18.9 Å². The van der Waals surface area contributed by atoms with Crippen molar-refractivity contribution in [3.63, 3.8) is 0 Å². The number of hydrogen-bond donors (Lipinski definition) is 1. The largest absolute Gasteiger partial charge is 0.497 e. The van der Waals surface area contributed by atoms with Gasteiger partial charge in [-0.2, -0.15) is 0 Å². The van der Waals surface area contributed by atoms with Gasteiger partial charge in [-0.25, -0.2) is 4.99 Å². The highest BCUT2D eigenvalue weighted by atomic mass is 35.5. The first kappa shape index (κ1) is 15.6. The Bertz CT molecular complexity index is 844. The summed E-state index contributed by atoms with van der Waals surface area (Å²) in [5.74, 6) is 0.886. The molecule has 1 heterocycles. The lowest BCUT2D eigenvalue weighted by molar-refractivity contribution is -0.115. The van der Waals surface area contributed by atoms with Crippen LogP contribution < -0.4 is 10.1 Å². The van der Waals surface area contributed by atoms with E-state index < -0.39 is 0 Å². The highest BCUT2D eigenvalue weighted by Gasteiger charge is 2.21. The van der Waals surface area contributed by atoms with Crippen molar-refractivity contribution < 1.29 is 9.53 Å². The Morgan fingerprint density at radius 2 is 2.00 bits per heavy atom. The van der Waals surface area contributed by atoms with E-state index in [1.54, 1.807) is 37.5 Å². The van der Waals surface area contributed by atoms with Crippen molar-refractivity contribution in [1.82, 2.24) is 5.32 Å². The molecular formula is C17H12Cl2N2O2. The molecule has 1 aliphatic rings. The first-order chi connectivity index (χ1) is 11.1. The number of benzene rings is 2. The molecule has 0 aliphatic carbocycles. The number of methoxy groups -OCH3 is 1. The van der Waals surface area contributed by atoms with Gasteiger partial charge in [0, 0.05) is 15.6 Å². The summed E-state index contributed by atoms with van der Waals surface area (Å²) < 4.78 is 5.18. The fraction of sp³-hybridized carbons (Fsp3) is 0.0588. The van der Waals surface area contributed by atoms with E-state index in [1.807, 2.05) is 18.2 Å². The number of carbonyl (C=O) groups is 1. The summed E-state index contributed by atoms with van der Waals surface area (Å²) in [6.07, 6.45) is 1.63. The maximum atomic E-state index is 12.1. The molecule has 0 fully saturated rings. The molecule has 116 valence electrons. The smallest absolute Gasteiger partial charge is 0.275 e. The van der Waals surface area contributed by atoms with Crippen LogP contribution in [-0.2, 0) is 4.79 Å². The Balaban J connectivity index is 1.96. The molecule has 0 radical (unpaired) electrons. The second kappa shape index (κ2) is 6.44. The zero-order chi connectivity index (χ0) is 16.4. The van der Waals surface area contributed by atoms with Crippen LogP contribution in [0.3, 0.4) is 0 Å². The monoisotopic (exact) mass is 346 g/mol. The molecular weight excluding hydrogens is 335 g/mol. The van der Waals surface area contributed by atoms with Crippen LogP contribution in [0, 0.1) is 0 Å². The number of aliphatic imine (C=N–C) groups is 1. The second-order valence-corrected chi connectivity index (χ2v) is 5.69. The fourth-order valence-electron chi connectivity index (χ4n) is 2.14. The number of amidine groups is 1. The van der Waals surface area contributed by atoms with Gasteiger partial charge in [0.05, 0.1) is 7.11 Å². The topological polar surface area (TPSA) is 50.7 Å². The van der Waals surface area contributed by atoms with Gasteiger partial charge in [0.25, 0.3) is 5.91 Å². The number of amides is 1. The maximum Gasteiger partial charge on any atom is 0.275 e. The lowest BCUT2D eigenvalue weighted by Gasteiger charge is -2.03. The van der Waals surface area contributed by atoms with E-state index in [4.69, 9.17) is 27.9 Å². The summed E-state index contributed by atoms with van der Waals surface area (Å²) in [6, 6.07) is 12.4. The number of nitrogens with zero attached hydrogens (tertiary/aromatic N) is 1. The second-order valence-electron chi connectivity index (χ2n) is 4.84. The molecule has 0 saturated carbocycles. The van der Waals surface area contributed by atoms with Crippen LogP contribution in [0.15, 0.2) is 53.2 Å². The molecule has 0 saturated heterocycles. The molecule has 0 aromatic heterocycles. The average Bonchev–Trinajstić information content (AvgIpc) is 2.91. The fourth-order valence-corrected chi connectivity index (χ4v) is 2.60. The van der Waals surface area contributed by atoms with E-state index in [1.165, 1.54) is 0 Å². The third kappa shape index (κ3) is 3.38. The van der Waals surface area contributed by atoms with Gasteiger partial charge in [0.15, 0.2) is 0 Å². The number of halogens is 2. The molecule has 1 amide bonds. The average molecular weight is 347 g/mol. The van der Waals surface area contributed by atoms with Crippen LogP contribution in [0.1, 0.15) is 11.1 Å². The van der Waals surface area contributed by atoms with Crippen molar-refractivity contribution in [2.75, 3.05) is 7.11 Å². The molecule has 0 unspecified atom stereocenters. The maximum absolute atomic E-state index is 12.1. The third-order valence-electron chi connectivity index (χ3n) is 3.29. The number of hydrogen-bond acceptors (Lipinski definition) is 3. The molecule has 1 aliphatic heterocycles. The third-order valence-corrected chi connectivity index (χ3v) is 3.86. The first-order valence-corrected chi connectivity index (χ1v) is 7.53. The van der Waals surface area contributed by atoms with Crippen molar-refractivity contribution in [3.8, 4) is 5.75 Å². The van der Waals surface area contributed by atoms with Crippen molar-refractivity contribution in [3.05, 3.63) is 69.3 Å². The standard InChI is InChI=1S/C17H12Cl2N2O2/c1-23-13-4-2-3-11(7-13)16-20-15(17(22)21-16)8-10-5-6-12(18)9-14(10)19/h2-9H,1H3,(H,20,21,22)/b15-8-. The van der Waals surface area contributed by atoms with E-state index >= 15 is 0 Å². The van der Waals surface area contributed by atoms with Gasteiger partial charge in [-0.1, -0.05) is 41.4 Å². The first-order valence-electron chi connectivity index (χ1n) is 6.78. The van der Waals surface area contributed by atoms with Crippen LogP contribution in [0.5, 0.6) is 5.75 Å². The van der Waals surface area contributed by atoms with Crippen LogP contribution in [0.4, 0.5) is 0 Å². The minimum atomic E-state index is -0.283. The Hall–Kier alpha value is -2.30. The zero-order valence-corrected chi connectivity index (χ0v) is 13.7. The highest BCUT2D eigenvalue weighted by molar-refractivity contribution is 6.35. The summed E-state index contributed by atoms with van der Waals surface area (Å²) in [5.41, 5.74) is 1.73. The Kier molecular flexibility index (Phi) is 4.37. The lowest BCUT2D eigenvalue weighted by Crippen LogP contribution is -2.24. The molecule has 0 bridgehead atoms. The number of carbonyl (C=O) groups excluding carboxylic acids is 1. The van der Waals surface area contributed by atoms with Crippen LogP contribution >= 0.6 is 23.2 Å². The highest BCUT2D eigenvalue weighted by Crippen LogP contribution is 2.25. The van der Waals surface area contributed by atoms with Crippen LogP contribution in [0.25, 0.3) is 6.08 Å². The summed E-state index contributed by atoms with van der Waals surface area (Å²) in [6.45, 7) is 0. The number of rotatable bonds is 3. The predicted octanol–water partition coefficient (Wildman–Crippen LogP) is 3.92. The Morgan fingerprint density at radius 1 is 1.17 bits per heavy atom. The zero-order valence-electron chi connectivity index (χ0n) is 12.1. The summed E-state index contributed by atoms with van der Waals surface area (Å²) >= 11 is 12.0. The molecule has 0 spiro atoms. The molecule has 3 rings (SSSR count). The van der Waals surface area contributed by atoms with Gasteiger partial charge in [0.1, 0.15) is 17.3 Å². The minimum Gasteiger partial charge on any atom is -0.497 e. The normalized spacial score (nSPS) is 15.5. The molecule has 2 aromatic rings. The predicted molar refractivity (Wildman–Crippen MR) is 92.1 cm³/mol. The Labute approximate surface area is 143 Å². The van der Waals surface area contributed by atoms with Crippen molar-refractivity contribution in [2.45, 2.75) is 0 Å². The van der Waals surface area contributed by atoms with E-state index in [-0.39, 0.29) is 11.6 Å². The Morgan fingerprint density at radius 3 is 2.74 bits per heavy atom. The molecule has 2 aromatic carbocycles. The molecule has 4 nitrogen and oxygen atoms in total. The molecule has 6 heteroatoms. The van der Waals surface area contributed by atoms with Crippen molar-refractivity contribution in [1.29, 1.82) is 0 Å². The van der Waals surface area contributed by atoms with Gasteiger partial charge >= 0.3 is 0 Å². The van der Waals surface area contributed by atoms with Crippen LogP contribution in [0.2, 0.25) is 10.0 Å². The lowest BCUT2D eigenvalue weighted by atomic mass is 10.2. The van der Waals surface area contributed by atoms with Gasteiger partial charge in [0.2, 0.25) is 0 Å². The summed E-state index contributed by atoms with van der Waals surface area (Å²) in [7, 11) is 1.59. The van der Waals surface area contributed by atoms with Gasteiger partial charge < -0.3 is 10.1 Å².